The van der Waals surface area contributed by atoms with E-state index in [0.717, 1.165) is 5.56 Å². The van der Waals surface area contributed by atoms with Crippen LogP contribution in [0.1, 0.15) is 42.2 Å². The summed E-state index contributed by atoms with van der Waals surface area (Å²) in [6.07, 6.45) is -0.268. The molecule has 0 bridgehead atoms. The lowest BCUT2D eigenvalue weighted by molar-refractivity contribution is -0.122. The highest BCUT2D eigenvalue weighted by Gasteiger charge is 2.21. The van der Waals surface area contributed by atoms with Crippen molar-refractivity contribution in [3.63, 3.8) is 0 Å². The molecule has 3 aromatic rings. The molecule has 0 aromatic heterocycles. The minimum atomic E-state index is -0.724. The summed E-state index contributed by atoms with van der Waals surface area (Å²) in [6.45, 7) is 3.77. The third-order valence-electron chi connectivity index (χ3n) is 4.81. The summed E-state index contributed by atoms with van der Waals surface area (Å²) in [7, 11) is 0. The van der Waals surface area contributed by atoms with Gasteiger partial charge >= 0.3 is 0 Å². The molecule has 2 N–H and O–H groups in total. The van der Waals surface area contributed by atoms with E-state index in [1.165, 1.54) is 0 Å². The number of rotatable bonds is 8. The van der Waals surface area contributed by atoms with Gasteiger partial charge in [-0.05, 0) is 49.2 Å². The second-order valence-corrected chi connectivity index (χ2v) is 7.55. The number of nitrogens with one attached hydrogen (secondary N) is 2. The predicted molar refractivity (Wildman–Crippen MR) is 124 cm³/mol. The molecule has 2 atom stereocenters. The van der Waals surface area contributed by atoms with E-state index in [1.54, 1.807) is 48.5 Å². The van der Waals surface area contributed by atoms with Crippen molar-refractivity contribution >= 4 is 29.1 Å². The van der Waals surface area contributed by atoms with E-state index >= 15 is 0 Å². The number of halogens is 1. The van der Waals surface area contributed by atoms with Crippen LogP contribution in [0.5, 0.6) is 5.75 Å². The molecule has 31 heavy (non-hydrogen) atoms. The van der Waals surface area contributed by atoms with Gasteiger partial charge in [-0.25, -0.2) is 0 Å². The molecule has 2 amide bonds. The van der Waals surface area contributed by atoms with Crippen LogP contribution in [0.25, 0.3) is 0 Å². The van der Waals surface area contributed by atoms with Crippen LogP contribution in [-0.2, 0) is 4.79 Å². The van der Waals surface area contributed by atoms with Gasteiger partial charge in [-0.2, -0.15) is 0 Å². The standard InChI is InChI=1S/C25H25ClN2O3/c1-3-23(31-20-13-9-12-19(26)16-20)25(30)28-22-15-8-7-14-21(22)24(29)27-17(2)18-10-5-4-6-11-18/h4-17,23H,3H2,1-2H3,(H,27,29)(H,28,30)/t17-,23-/m0/s1. The molecule has 0 unspecified atom stereocenters. The van der Waals surface area contributed by atoms with Crippen LogP contribution in [0.3, 0.4) is 0 Å². The van der Waals surface area contributed by atoms with Crippen molar-refractivity contribution in [2.24, 2.45) is 0 Å². The number of ether oxygens (including phenoxy) is 1. The average molecular weight is 437 g/mol. The highest BCUT2D eigenvalue weighted by molar-refractivity contribution is 6.30. The third-order valence-corrected chi connectivity index (χ3v) is 5.05. The van der Waals surface area contributed by atoms with E-state index in [0.29, 0.717) is 28.4 Å². The molecule has 6 heteroatoms. The normalized spacial score (nSPS) is 12.5. The number of carbonyl (C=O) groups excluding carboxylic acids is 2. The first-order valence-electron chi connectivity index (χ1n) is 10.2. The SMILES string of the molecule is CC[C@H](Oc1cccc(Cl)c1)C(=O)Nc1ccccc1C(=O)N[C@@H](C)c1ccccc1. The Kier molecular flexibility index (Phi) is 7.68. The first-order chi connectivity index (χ1) is 15.0. The van der Waals surface area contributed by atoms with Crippen molar-refractivity contribution in [1.82, 2.24) is 5.32 Å². The van der Waals surface area contributed by atoms with Gasteiger partial charge in [0.15, 0.2) is 6.10 Å². The molecule has 0 heterocycles. The highest BCUT2D eigenvalue weighted by Crippen LogP contribution is 2.21. The second-order valence-electron chi connectivity index (χ2n) is 7.11. The maximum absolute atomic E-state index is 12.9. The van der Waals surface area contributed by atoms with E-state index in [2.05, 4.69) is 10.6 Å². The van der Waals surface area contributed by atoms with Gasteiger partial charge in [0.05, 0.1) is 17.3 Å². The lowest BCUT2D eigenvalue weighted by Gasteiger charge is -2.19. The zero-order chi connectivity index (χ0) is 22.2. The summed E-state index contributed by atoms with van der Waals surface area (Å²) in [6, 6.07) is 23.3. The molecule has 0 aliphatic rings. The monoisotopic (exact) mass is 436 g/mol. The van der Waals surface area contributed by atoms with Gasteiger partial charge in [-0.15, -0.1) is 0 Å². The summed E-state index contributed by atoms with van der Waals surface area (Å²) < 4.78 is 5.80. The molecule has 0 saturated carbocycles. The molecule has 0 radical (unpaired) electrons. The molecule has 160 valence electrons. The first kappa shape index (κ1) is 22.4. The Morgan fingerprint density at radius 1 is 0.968 bits per heavy atom. The number of amides is 2. The highest BCUT2D eigenvalue weighted by atomic mass is 35.5. The van der Waals surface area contributed by atoms with Gasteiger partial charge in [0, 0.05) is 5.02 Å². The lowest BCUT2D eigenvalue weighted by atomic mass is 10.1. The summed E-state index contributed by atoms with van der Waals surface area (Å²) in [4.78, 5) is 25.7. The van der Waals surface area contributed by atoms with Crippen molar-refractivity contribution in [2.75, 3.05) is 5.32 Å². The Morgan fingerprint density at radius 3 is 2.39 bits per heavy atom. The molecule has 5 nitrogen and oxygen atoms in total. The second kappa shape index (κ2) is 10.6. The Balaban J connectivity index is 1.71. The Labute approximate surface area is 187 Å². The van der Waals surface area contributed by atoms with Crippen molar-refractivity contribution < 1.29 is 14.3 Å². The van der Waals surface area contributed by atoms with Crippen LogP contribution in [0.4, 0.5) is 5.69 Å². The molecule has 0 spiro atoms. The van der Waals surface area contributed by atoms with E-state index in [1.807, 2.05) is 44.2 Å². The summed E-state index contributed by atoms with van der Waals surface area (Å²) >= 11 is 6.00. The minimum absolute atomic E-state index is 0.174. The van der Waals surface area contributed by atoms with Crippen LogP contribution in [-0.4, -0.2) is 17.9 Å². The predicted octanol–water partition coefficient (Wildman–Crippen LogP) is 5.63. The first-order valence-corrected chi connectivity index (χ1v) is 10.5. The topological polar surface area (TPSA) is 67.4 Å². The number of hydrogen-bond donors (Lipinski definition) is 2. The summed E-state index contributed by atoms with van der Waals surface area (Å²) in [5.74, 6) is -0.0906. The van der Waals surface area contributed by atoms with Crippen LogP contribution >= 0.6 is 11.6 Å². The van der Waals surface area contributed by atoms with Crippen LogP contribution in [0.15, 0.2) is 78.9 Å². The van der Waals surface area contributed by atoms with E-state index in [-0.39, 0.29) is 17.9 Å². The molecule has 3 rings (SSSR count). The van der Waals surface area contributed by atoms with Crippen LogP contribution < -0.4 is 15.4 Å². The zero-order valence-corrected chi connectivity index (χ0v) is 18.2. The number of benzene rings is 3. The maximum Gasteiger partial charge on any atom is 0.265 e. The molecule has 3 aromatic carbocycles. The quantitative estimate of drug-likeness (QED) is 0.481. The summed E-state index contributed by atoms with van der Waals surface area (Å²) in [5, 5.41) is 6.34. The Morgan fingerprint density at radius 2 is 1.68 bits per heavy atom. The maximum atomic E-state index is 12.9. The zero-order valence-electron chi connectivity index (χ0n) is 17.5. The molecule has 0 saturated heterocycles. The van der Waals surface area contributed by atoms with Gasteiger partial charge in [0.2, 0.25) is 0 Å². The number of hydrogen-bond acceptors (Lipinski definition) is 3. The Hall–Kier alpha value is -3.31. The average Bonchev–Trinajstić information content (AvgIpc) is 2.78. The smallest absolute Gasteiger partial charge is 0.265 e. The molecular weight excluding hydrogens is 412 g/mol. The fourth-order valence-electron chi connectivity index (χ4n) is 3.13. The number of carbonyl (C=O) groups is 2. The Bertz CT molecular complexity index is 1040. The molecule has 0 aliphatic heterocycles. The fraction of sp³-hybridized carbons (Fsp3) is 0.200. The minimum Gasteiger partial charge on any atom is -0.481 e. The fourth-order valence-corrected chi connectivity index (χ4v) is 3.31. The van der Waals surface area contributed by atoms with E-state index in [9.17, 15) is 9.59 Å². The van der Waals surface area contributed by atoms with Crippen LogP contribution in [0.2, 0.25) is 5.02 Å². The van der Waals surface area contributed by atoms with E-state index < -0.39 is 6.10 Å². The third kappa shape index (κ3) is 6.09. The van der Waals surface area contributed by atoms with Crippen molar-refractivity contribution in [3.8, 4) is 5.75 Å². The van der Waals surface area contributed by atoms with Crippen molar-refractivity contribution in [1.29, 1.82) is 0 Å². The number of para-hydroxylation sites is 1. The van der Waals surface area contributed by atoms with Gasteiger partial charge in [-0.1, -0.05) is 67.1 Å². The van der Waals surface area contributed by atoms with Crippen molar-refractivity contribution in [3.05, 3.63) is 95.0 Å². The summed E-state index contributed by atoms with van der Waals surface area (Å²) in [5.41, 5.74) is 1.81. The van der Waals surface area contributed by atoms with Crippen molar-refractivity contribution in [2.45, 2.75) is 32.4 Å². The number of anilines is 1. The lowest BCUT2D eigenvalue weighted by Crippen LogP contribution is -2.34. The van der Waals surface area contributed by atoms with E-state index in [4.69, 9.17) is 16.3 Å². The van der Waals surface area contributed by atoms with Gasteiger partial charge < -0.3 is 15.4 Å². The largest absolute Gasteiger partial charge is 0.481 e. The van der Waals surface area contributed by atoms with Gasteiger partial charge in [-0.3, -0.25) is 9.59 Å². The van der Waals surface area contributed by atoms with Gasteiger partial charge in [0.25, 0.3) is 11.8 Å². The van der Waals surface area contributed by atoms with Gasteiger partial charge in [0.1, 0.15) is 5.75 Å². The molecule has 0 aliphatic carbocycles. The van der Waals surface area contributed by atoms with Crippen LogP contribution in [0, 0.1) is 0 Å². The molecular formula is C25H25ClN2O3. The molecule has 0 fully saturated rings.